The molecule has 0 radical (unpaired) electrons. The Hall–Kier alpha value is -2.84. The fourth-order valence-corrected chi connectivity index (χ4v) is 4.58. The molecule has 0 amide bonds. The first kappa shape index (κ1) is 20.9. The molecule has 0 N–H and O–H groups in total. The lowest BCUT2D eigenvalue weighted by Crippen LogP contribution is -2.36. The molecule has 0 saturated carbocycles. The number of benzene rings is 2. The monoisotopic (exact) mass is 416 g/mol. The van der Waals surface area contributed by atoms with Crippen molar-refractivity contribution >= 4 is 10.0 Å². The van der Waals surface area contributed by atoms with Gasteiger partial charge in [-0.15, -0.1) is 0 Å². The lowest BCUT2D eigenvalue weighted by molar-refractivity contribution is 0.332. The first-order valence-corrected chi connectivity index (χ1v) is 10.6. The van der Waals surface area contributed by atoms with Crippen molar-refractivity contribution in [3.05, 3.63) is 60.3 Å². The molecule has 29 heavy (non-hydrogen) atoms. The van der Waals surface area contributed by atoms with Crippen molar-refractivity contribution < 1.29 is 22.4 Å². The van der Waals surface area contributed by atoms with Crippen molar-refractivity contribution in [2.45, 2.75) is 31.3 Å². The summed E-state index contributed by atoms with van der Waals surface area (Å²) in [6, 6.07) is 15.2. The standard InChI is InChI=1S/C21H24N2O5S/c1-15(2)23(29(24,25)18-8-6-5-7-9-18)14-16-12-21(28-22-16)19-13-17(26-3)10-11-20(19)27-4/h5-13,15H,14H2,1-4H3. The van der Waals surface area contributed by atoms with Gasteiger partial charge in [-0.1, -0.05) is 23.4 Å². The van der Waals surface area contributed by atoms with Crippen LogP contribution in [0.4, 0.5) is 0 Å². The molecule has 0 spiro atoms. The highest BCUT2D eigenvalue weighted by Gasteiger charge is 2.28. The average Bonchev–Trinajstić information content (AvgIpc) is 3.20. The summed E-state index contributed by atoms with van der Waals surface area (Å²) in [4.78, 5) is 0.242. The number of methoxy groups -OCH3 is 2. The number of sulfonamides is 1. The highest BCUT2D eigenvalue weighted by atomic mass is 32.2. The Bertz CT molecular complexity index is 1060. The molecule has 3 aromatic rings. The summed E-state index contributed by atoms with van der Waals surface area (Å²) >= 11 is 0. The Morgan fingerprint density at radius 2 is 1.76 bits per heavy atom. The number of hydrogen-bond acceptors (Lipinski definition) is 6. The van der Waals surface area contributed by atoms with E-state index in [4.69, 9.17) is 14.0 Å². The van der Waals surface area contributed by atoms with Gasteiger partial charge in [-0.25, -0.2) is 8.42 Å². The van der Waals surface area contributed by atoms with Gasteiger partial charge in [0.15, 0.2) is 5.76 Å². The van der Waals surface area contributed by atoms with Gasteiger partial charge in [0.25, 0.3) is 0 Å². The molecule has 2 aromatic carbocycles. The zero-order valence-corrected chi connectivity index (χ0v) is 17.6. The van der Waals surface area contributed by atoms with Gasteiger partial charge in [0.05, 0.1) is 36.9 Å². The second-order valence-electron chi connectivity index (χ2n) is 6.71. The molecule has 0 unspecified atom stereocenters. The Morgan fingerprint density at radius 3 is 2.38 bits per heavy atom. The minimum atomic E-state index is -3.67. The molecule has 0 fully saturated rings. The predicted octanol–water partition coefficient (Wildman–Crippen LogP) is 3.96. The molecular formula is C21H24N2O5S. The van der Waals surface area contributed by atoms with Crippen LogP contribution in [0.5, 0.6) is 11.5 Å². The molecule has 0 atom stereocenters. The number of rotatable bonds is 8. The van der Waals surface area contributed by atoms with Crippen molar-refractivity contribution in [3.63, 3.8) is 0 Å². The average molecular weight is 416 g/mol. The van der Waals surface area contributed by atoms with Crippen LogP contribution in [-0.4, -0.2) is 38.1 Å². The second kappa shape index (κ2) is 8.67. The van der Waals surface area contributed by atoms with E-state index in [0.29, 0.717) is 28.5 Å². The SMILES string of the molecule is COc1ccc(OC)c(-c2cc(CN(C(C)C)S(=O)(=O)c3ccccc3)no2)c1. The van der Waals surface area contributed by atoms with E-state index in [-0.39, 0.29) is 17.5 Å². The molecule has 154 valence electrons. The van der Waals surface area contributed by atoms with E-state index in [1.165, 1.54) is 4.31 Å². The van der Waals surface area contributed by atoms with E-state index < -0.39 is 10.0 Å². The van der Waals surface area contributed by atoms with Crippen molar-refractivity contribution in [2.24, 2.45) is 0 Å². The summed E-state index contributed by atoms with van der Waals surface area (Å²) in [5.74, 6) is 1.72. The number of hydrogen-bond donors (Lipinski definition) is 0. The number of ether oxygens (including phenoxy) is 2. The lowest BCUT2D eigenvalue weighted by Gasteiger charge is -2.24. The maximum Gasteiger partial charge on any atom is 0.243 e. The van der Waals surface area contributed by atoms with Crippen molar-refractivity contribution in [2.75, 3.05) is 14.2 Å². The first-order chi connectivity index (χ1) is 13.9. The molecule has 0 aliphatic carbocycles. The molecular weight excluding hydrogens is 392 g/mol. The predicted molar refractivity (Wildman–Crippen MR) is 109 cm³/mol. The summed E-state index contributed by atoms with van der Waals surface area (Å²) < 4.78 is 43.7. The Balaban J connectivity index is 1.92. The summed E-state index contributed by atoms with van der Waals surface area (Å²) in [6.45, 7) is 3.74. The van der Waals surface area contributed by atoms with Crippen LogP contribution in [0.25, 0.3) is 11.3 Å². The third-order valence-corrected chi connectivity index (χ3v) is 6.51. The summed E-state index contributed by atoms with van der Waals surface area (Å²) in [6.07, 6.45) is 0. The van der Waals surface area contributed by atoms with Gasteiger partial charge < -0.3 is 14.0 Å². The normalized spacial score (nSPS) is 11.8. The molecule has 7 nitrogen and oxygen atoms in total. The van der Waals surface area contributed by atoms with Crippen LogP contribution < -0.4 is 9.47 Å². The van der Waals surface area contributed by atoms with Crippen LogP contribution in [0.1, 0.15) is 19.5 Å². The van der Waals surface area contributed by atoms with Crippen molar-refractivity contribution in [1.82, 2.24) is 9.46 Å². The van der Waals surface area contributed by atoms with Crippen molar-refractivity contribution in [1.29, 1.82) is 0 Å². The van der Waals surface area contributed by atoms with Crippen LogP contribution >= 0.6 is 0 Å². The molecule has 1 aromatic heterocycles. The fourth-order valence-electron chi connectivity index (χ4n) is 2.95. The minimum Gasteiger partial charge on any atom is -0.497 e. The zero-order valence-electron chi connectivity index (χ0n) is 16.8. The maximum absolute atomic E-state index is 13.1. The van der Waals surface area contributed by atoms with Crippen molar-refractivity contribution in [3.8, 4) is 22.8 Å². The first-order valence-electron chi connectivity index (χ1n) is 9.11. The molecule has 0 aliphatic heterocycles. The van der Waals surface area contributed by atoms with Gasteiger partial charge in [-0.2, -0.15) is 4.31 Å². The van der Waals surface area contributed by atoms with Crippen LogP contribution in [0.2, 0.25) is 0 Å². The highest BCUT2D eigenvalue weighted by molar-refractivity contribution is 7.89. The smallest absolute Gasteiger partial charge is 0.243 e. The zero-order chi connectivity index (χ0) is 21.0. The van der Waals surface area contributed by atoms with Gasteiger partial charge >= 0.3 is 0 Å². The highest BCUT2D eigenvalue weighted by Crippen LogP contribution is 2.34. The summed E-state index contributed by atoms with van der Waals surface area (Å²) in [5.41, 5.74) is 1.17. The van der Waals surface area contributed by atoms with Gasteiger partial charge in [0.1, 0.15) is 11.5 Å². The van der Waals surface area contributed by atoms with E-state index >= 15 is 0 Å². The van der Waals surface area contributed by atoms with Crippen LogP contribution in [0.3, 0.4) is 0 Å². The fraction of sp³-hybridized carbons (Fsp3) is 0.286. The third kappa shape index (κ3) is 4.44. The van der Waals surface area contributed by atoms with Crippen LogP contribution in [-0.2, 0) is 16.6 Å². The second-order valence-corrected chi connectivity index (χ2v) is 8.60. The van der Waals surface area contributed by atoms with Gasteiger partial charge in [0.2, 0.25) is 10.0 Å². The van der Waals surface area contributed by atoms with Gasteiger partial charge in [-0.05, 0) is 44.2 Å². The maximum atomic E-state index is 13.1. The Labute approximate surface area is 170 Å². The largest absolute Gasteiger partial charge is 0.497 e. The topological polar surface area (TPSA) is 81.9 Å². The summed E-state index contributed by atoms with van der Waals surface area (Å²) in [7, 11) is -0.530. The number of nitrogens with zero attached hydrogens (tertiary/aromatic N) is 2. The molecule has 0 saturated heterocycles. The van der Waals surface area contributed by atoms with E-state index in [9.17, 15) is 8.42 Å². The Kier molecular flexibility index (Phi) is 6.24. The van der Waals surface area contributed by atoms with Crippen LogP contribution in [0.15, 0.2) is 64.0 Å². The van der Waals surface area contributed by atoms with E-state index in [1.54, 1.807) is 68.8 Å². The quantitative estimate of drug-likeness (QED) is 0.553. The molecule has 0 bridgehead atoms. The Morgan fingerprint density at radius 1 is 1.03 bits per heavy atom. The molecule has 1 heterocycles. The summed E-state index contributed by atoms with van der Waals surface area (Å²) in [5, 5.41) is 4.08. The third-order valence-electron chi connectivity index (χ3n) is 4.47. The van der Waals surface area contributed by atoms with Crippen LogP contribution in [0, 0.1) is 0 Å². The van der Waals surface area contributed by atoms with E-state index in [2.05, 4.69) is 5.16 Å². The molecule has 3 rings (SSSR count). The lowest BCUT2D eigenvalue weighted by atomic mass is 10.1. The van der Waals surface area contributed by atoms with E-state index in [0.717, 1.165) is 0 Å². The van der Waals surface area contributed by atoms with Gasteiger partial charge in [0, 0.05) is 12.1 Å². The number of aromatic nitrogens is 1. The molecule has 0 aliphatic rings. The van der Waals surface area contributed by atoms with Gasteiger partial charge in [-0.3, -0.25) is 0 Å². The van der Waals surface area contributed by atoms with E-state index in [1.807, 2.05) is 13.8 Å². The molecule has 8 heteroatoms. The minimum absolute atomic E-state index is 0.0880.